The summed E-state index contributed by atoms with van der Waals surface area (Å²) in [5, 5.41) is 12.9. The Morgan fingerprint density at radius 1 is 1.10 bits per heavy atom. The number of imide groups is 1. The van der Waals surface area contributed by atoms with Gasteiger partial charge < -0.3 is 14.9 Å². The Hall–Kier alpha value is -3.74. The van der Waals surface area contributed by atoms with E-state index in [-0.39, 0.29) is 17.7 Å². The number of rotatable bonds is 6. The Bertz CT molecular complexity index is 1450. The van der Waals surface area contributed by atoms with Crippen molar-refractivity contribution >= 4 is 51.8 Å². The van der Waals surface area contributed by atoms with Crippen molar-refractivity contribution in [3.8, 4) is 0 Å². The molecule has 0 saturated carbocycles. The number of fused-ring (bicyclic) bond motifs is 1. The zero-order valence-corrected chi connectivity index (χ0v) is 23.9. The Morgan fingerprint density at radius 2 is 1.81 bits per heavy atom. The lowest BCUT2D eigenvalue weighted by Crippen LogP contribution is -2.48. The van der Waals surface area contributed by atoms with Gasteiger partial charge in [-0.15, -0.1) is 11.3 Å². The molecule has 13 heteroatoms. The van der Waals surface area contributed by atoms with Crippen LogP contribution in [0.25, 0.3) is 10.9 Å². The van der Waals surface area contributed by atoms with Crippen molar-refractivity contribution in [2.75, 3.05) is 36.0 Å². The van der Waals surface area contributed by atoms with Crippen LogP contribution in [0.2, 0.25) is 0 Å². The number of aliphatic carboxylic acids is 1. The third-order valence-electron chi connectivity index (χ3n) is 7.97. The number of nitrogens with one attached hydrogen (secondary N) is 1. The lowest BCUT2D eigenvalue weighted by molar-refractivity contribution is -0.192. The average Bonchev–Trinajstić information content (AvgIpc) is 3.54. The molecule has 0 aliphatic carbocycles. The van der Waals surface area contributed by atoms with Crippen molar-refractivity contribution in [1.82, 2.24) is 15.3 Å². The molecule has 2 N–H and O–H groups in total. The number of thiophene rings is 1. The van der Waals surface area contributed by atoms with Crippen LogP contribution in [0.1, 0.15) is 36.1 Å². The SMILES string of the molecule is Cc1ccc2c(N3CC(Cc4cccs4)C3)nc(N3CCC(CC4CC(=O)NC4=O)CC3)nc2c1.O=C(O)C(F)(F)F. The van der Waals surface area contributed by atoms with Crippen molar-refractivity contribution in [3.05, 3.63) is 46.2 Å². The van der Waals surface area contributed by atoms with Crippen molar-refractivity contribution < 1.29 is 32.7 Å². The highest BCUT2D eigenvalue weighted by Crippen LogP contribution is 2.35. The summed E-state index contributed by atoms with van der Waals surface area (Å²) < 4.78 is 31.7. The van der Waals surface area contributed by atoms with Crippen molar-refractivity contribution in [2.24, 2.45) is 17.8 Å². The highest BCUT2D eigenvalue weighted by Gasteiger charge is 2.38. The summed E-state index contributed by atoms with van der Waals surface area (Å²) in [6.07, 6.45) is -0.807. The fourth-order valence-electron chi connectivity index (χ4n) is 5.75. The standard InChI is InChI=1S/C27H31N5O2S.C2HF3O2/c1-17-4-5-22-23(11-17)28-27(30-25(22)32-15-19(16-32)13-21-3-2-10-35-21)31-8-6-18(7-9-31)12-20-14-24(33)29-26(20)34;3-2(4,5)1(6)7/h2-5,10-11,18-20H,6-9,12-16H2,1H3,(H,29,33,34);(H,6,7). The van der Waals surface area contributed by atoms with Gasteiger partial charge in [0, 0.05) is 48.8 Å². The minimum absolute atomic E-state index is 0.0952. The molecular formula is C29H32F3N5O4S. The lowest BCUT2D eigenvalue weighted by Gasteiger charge is -2.41. The summed E-state index contributed by atoms with van der Waals surface area (Å²) in [4.78, 5) is 48.6. The Kier molecular flexibility index (Phi) is 8.67. The molecule has 3 saturated heterocycles. The number of aryl methyl sites for hydroxylation is 1. The molecule has 3 aliphatic rings. The fourth-order valence-corrected chi connectivity index (χ4v) is 6.57. The first-order valence-electron chi connectivity index (χ1n) is 13.9. The third kappa shape index (κ3) is 7.00. The number of carbonyl (C=O) groups excluding carboxylic acids is 2. The van der Waals surface area contributed by atoms with Crippen molar-refractivity contribution in [2.45, 2.75) is 45.2 Å². The topological polar surface area (TPSA) is 116 Å². The number of carboxylic acid groups (broad SMARTS) is 1. The minimum Gasteiger partial charge on any atom is -0.475 e. The van der Waals surface area contributed by atoms with Crippen molar-refractivity contribution in [3.63, 3.8) is 0 Å². The van der Waals surface area contributed by atoms with Gasteiger partial charge in [-0.05, 0) is 73.6 Å². The predicted molar refractivity (Wildman–Crippen MR) is 153 cm³/mol. The van der Waals surface area contributed by atoms with Gasteiger partial charge in [-0.2, -0.15) is 18.2 Å². The maximum Gasteiger partial charge on any atom is 0.490 e. The Morgan fingerprint density at radius 3 is 2.40 bits per heavy atom. The summed E-state index contributed by atoms with van der Waals surface area (Å²) in [7, 11) is 0. The van der Waals surface area contributed by atoms with Crippen LogP contribution in [0.4, 0.5) is 24.9 Å². The molecule has 2 amide bonds. The van der Waals surface area contributed by atoms with E-state index in [9.17, 15) is 22.8 Å². The number of piperidine rings is 1. The lowest BCUT2D eigenvalue weighted by atomic mass is 9.86. The fraction of sp³-hybridized carbons (Fsp3) is 0.483. The number of benzene rings is 1. The van der Waals surface area contributed by atoms with E-state index in [1.807, 2.05) is 11.3 Å². The maximum atomic E-state index is 12.0. The number of halogens is 3. The predicted octanol–water partition coefficient (Wildman–Crippen LogP) is 4.58. The van der Waals surface area contributed by atoms with Crippen LogP contribution in [-0.4, -0.2) is 65.2 Å². The van der Waals surface area contributed by atoms with Crippen LogP contribution in [0, 0.1) is 24.7 Å². The molecule has 1 unspecified atom stereocenters. The number of carboxylic acids is 1. The van der Waals surface area contributed by atoms with Gasteiger partial charge in [-0.25, -0.2) is 9.78 Å². The molecule has 42 heavy (non-hydrogen) atoms. The molecule has 0 radical (unpaired) electrons. The zero-order valence-electron chi connectivity index (χ0n) is 23.1. The first-order valence-corrected chi connectivity index (χ1v) is 14.8. The summed E-state index contributed by atoms with van der Waals surface area (Å²) in [6.45, 7) is 5.93. The number of aromatic nitrogens is 2. The number of amides is 2. The number of alkyl halides is 3. The van der Waals surface area contributed by atoms with E-state index in [1.54, 1.807) is 0 Å². The summed E-state index contributed by atoms with van der Waals surface area (Å²) in [5.41, 5.74) is 2.21. The summed E-state index contributed by atoms with van der Waals surface area (Å²) in [6, 6.07) is 10.8. The van der Waals surface area contributed by atoms with Gasteiger partial charge in [0.15, 0.2) is 0 Å². The van der Waals surface area contributed by atoms with E-state index in [1.165, 1.54) is 10.4 Å². The molecular weight excluding hydrogens is 571 g/mol. The van der Waals surface area contributed by atoms with Gasteiger partial charge in [-0.1, -0.05) is 12.1 Å². The molecule has 6 rings (SSSR count). The number of carbonyl (C=O) groups is 3. The molecule has 9 nitrogen and oxygen atoms in total. The van der Waals surface area contributed by atoms with Crippen LogP contribution in [0.15, 0.2) is 35.7 Å². The quantitative estimate of drug-likeness (QED) is 0.394. The number of nitrogens with zero attached hydrogens (tertiary/aromatic N) is 4. The smallest absolute Gasteiger partial charge is 0.475 e. The highest BCUT2D eigenvalue weighted by molar-refractivity contribution is 7.09. The Labute approximate surface area is 244 Å². The molecule has 0 spiro atoms. The number of hydrogen-bond donors (Lipinski definition) is 2. The second kappa shape index (κ2) is 12.2. The molecule has 224 valence electrons. The zero-order chi connectivity index (χ0) is 30.0. The first-order chi connectivity index (χ1) is 20.0. The van der Waals surface area contributed by atoms with E-state index in [0.717, 1.165) is 74.5 Å². The maximum absolute atomic E-state index is 12.0. The highest BCUT2D eigenvalue weighted by atomic mass is 32.1. The van der Waals surface area contributed by atoms with Gasteiger partial charge in [0.05, 0.1) is 5.52 Å². The normalized spacial score (nSPS) is 19.9. The van der Waals surface area contributed by atoms with E-state index < -0.39 is 12.1 Å². The van der Waals surface area contributed by atoms with Gasteiger partial charge in [0.2, 0.25) is 17.8 Å². The molecule has 3 aliphatic heterocycles. The molecule has 5 heterocycles. The van der Waals surface area contributed by atoms with Gasteiger partial charge in [0.25, 0.3) is 0 Å². The Balaban J connectivity index is 0.000000451. The number of anilines is 2. The van der Waals surface area contributed by atoms with E-state index >= 15 is 0 Å². The van der Waals surface area contributed by atoms with E-state index in [4.69, 9.17) is 19.9 Å². The molecule has 1 atom stereocenters. The number of hydrogen-bond acceptors (Lipinski definition) is 8. The van der Waals surface area contributed by atoms with Crippen molar-refractivity contribution in [1.29, 1.82) is 0 Å². The molecule has 1 aromatic carbocycles. The molecule has 3 fully saturated rings. The van der Waals surface area contributed by atoms with Gasteiger partial charge >= 0.3 is 12.1 Å². The molecule has 0 bridgehead atoms. The van der Waals surface area contributed by atoms with Gasteiger partial charge in [0.1, 0.15) is 5.82 Å². The average molecular weight is 604 g/mol. The largest absolute Gasteiger partial charge is 0.490 e. The summed E-state index contributed by atoms with van der Waals surface area (Å²) in [5.74, 6) is -0.142. The van der Waals surface area contributed by atoms with Crippen LogP contribution in [0.3, 0.4) is 0 Å². The third-order valence-corrected chi connectivity index (χ3v) is 8.87. The van der Waals surface area contributed by atoms with E-state index in [2.05, 4.69) is 57.8 Å². The summed E-state index contributed by atoms with van der Waals surface area (Å²) >= 11 is 1.84. The van der Waals surface area contributed by atoms with E-state index in [0.29, 0.717) is 18.3 Å². The monoisotopic (exact) mass is 603 g/mol. The van der Waals surface area contributed by atoms with Crippen LogP contribution >= 0.6 is 11.3 Å². The van der Waals surface area contributed by atoms with Crippen LogP contribution in [-0.2, 0) is 20.8 Å². The second-order valence-corrected chi connectivity index (χ2v) is 12.2. The van der Waals surface area contributed by atoms with Gasteiger partial charge in [-0.3, -0.25) is 14.9 Å². The second-order valence-electron chi connectivity index (χ2n) is 11.2. The molecule has 2 aromatic heterocycles. The van der Waals surface area contributed by atoms with Crippen LogP contribution < -0.4 is 15.1 Å². The molecule has 3 aromatic rings. The van der Waals surface area contributed by atoms with Crippen LogP contribution in [0.5, 0.6) is 0 Å². The minimum atomic E-state index is -5.08. The first kappa shape index (κ1) is 29.7.